The molecule has 0 bridgehead atoms. The van der Waals surface area contributed by atoms with Crippen LogP contribution in [0.1, 0.15) is 24.8 Å². The highest BCUT2D eigenvalue weighted by atomic mass is 19.1. The lowest BCUT2D eigenvalue weighted by atomic mass is 9.71. The lowest BCUT2D eigenvalue weighted by Gasteiger charge is -2.37. The Morgan fingerprint density at radius 2 is 1.88 bits per heavy atom. The van der Waals surface area contributed by atoms with Gasteiger partial charge in [-0.1, -0.05) is 12.1 Å². The van der Waals surface area contributed by atoms with E-state index in [1.165, 1.54) is 12.1 Å². The number of hydrogen-bond donors (Lipinski definition) is 2. The Morgan fingerprint density at radius 1 is 1.29 bits per heavy atom. The molecule has 1 heterocycles. The monoisotopic (exact) mass is 237 g/mol. The molecule has 0 spiro atoms. The Morgan fingerprint density at radius 3 is 2.41 bits per heavy atom. The van der Waals surface area contributed by atoms with Crippen molar-refractivity contribution in [1.82, 2.24) is 5.32 Å². The Labute approximate surface area is 99.7 Å². The molecule has 2 N–H and O–H groups in total. The first-order valence-electron chi connectivity index (χ1n) is 5.81. The Bertz CT molecular complexity index is 396. The molecule has 1 fully saturated rings. The third-order valence-corrected chi connectivity index (χ3v) is 3.51. The number of nitrogens with one attached hydrogen (secondary N) is 1. The van der Waals surface area contributed by atoms with Crippen LogP contribution in [0.15, 0.2) is 24.3 Å². The number of piperidine rings is 1. The Kier molecular flexibility index (Phi) is 3.43. The zero-order chi connectivity index (χ0) is 12.3. The molecule has 1 aliphatic rings. The third-order valence-electron chi connectivity index (χ3n) is 3.51. The van der Waals surface area contributed by atoms with Crippen LogP contribution in [0.25, 0.3) is 0 Å². The summed E-state index contributed by atoms with van der Waals surface area (Å²) in [5, 5.41) is 12.3. The van der Waals surface area contributed by atoms with Crippen molar-refractivity contribution >= 4 is 5.97 Å². The van der Waals surface area contributed by atoms with Crippen LogP contribution < -0.4 is 5.32 Å². The van der Waals surface area contributed by atoms with Crippen LogP contribution in [0.4, 0.5) is 4.39 Å². The van der Waals surface area contributed by atoms with Gasteiger partial charge < -0.3 is 10.4 Å². The molecule has 1 aliphatic heterocycles. The molecule has 1 aromatic rings. The molecule has 0 saturated carbocycles. The highest BCUT2D eigenvalue weighted by Gasteiger charge is 2.35. The number of halogens is 1. The van der Waals surface area contributed by atoms with Crippen molar-refractivity contribution in [3.05, 3.63) is 35.6 Å². The summed E-state index contributed by atoms with van der Waals surface area (Å²) in [6.45, 7) is 1.62. The maximum Gasteiger partial charge on any atom is 0.304 e. The second kappa shape index (κ2) is 4.84. The molecule has 92 valence electrons. The zero-order valence-electron chi connectivity index (χ0n) is 9.58. The van der Waals surface area contributed by atoms with Crippen molar-refractivity contribution in [2.24, 2.45) is 0 Å². The predicted molar refractivity (Wildman–Crippen MR) is 62.4 cm³/mol. The van der Waals surface area contributed by atoms with E-state index in [1.54, 1.807) is 12.1 Å². The number of carboxylic acids is 1. The van der Waals surface area contributed by atoms with Gasteiger partial charge in [0.15, 0.2) is 0 Å². The maximum absolute atomic E-state index is 12.9. The molecule has 0 radical (unpaired) electrons. The van der Waals surface area contributed by atoms with Crippen LogP contribution in [0.5, 0.6) is 0 Å². The zero-order valence-corrected chi connectivity index (χ0v) is 9.58. The van der Waals surface area contributed by atoms with E-state index in [1.807, 2.05) is 0 Å². The van der Waals surface area contributed by atoms with Gasteiger partial charge in [-0.15, -0.1) is 0 Å². The van der Waals surface area contributed by atoms with E-state index in [0.717, 1.165) is 31.5 Å². The van der Waals surface area contributed by atoms with Gasteiger partial charge in [0.05, 0.1) is 6.42 Å². The first kappa shape index (κ1) is 12.0. The lowest BCUT2D eigenvalue weighted by molar-refractivity contribution is -0.138. The molecule has 0 unspecified atom stereocenters. The summed E-state index contributed by atoms with van der Waals surface area (Å²) in [6, 6.07) is 6.23. The number of carboxylic acid groups (broad SMARTS) is 1. The second-order valence-electron chi connectivity index (χ2n) is 4.61. The minimum atomic E-state index is -0.795. The van der Waals surface area contributed by atoms with Crippen LogP contribution >= 0.6 is 0 Å². The molecule has 1 aromatic carbocycles. The molecule has 0 aliphatic carbocycles. The molecular weight excluding hydrogens is 221 g/mol. The molecule has 17 heavy (non-hydrogen) atoms. The summed E-state index contributed by atoms with van der Waals surface area (Å²) >= 11 is 0. The highest BCUT2D eigenvalue weighted by Crippen LogP contribution is 2.36. The average molecular weight is 237 g/mol. The number of rotatable bonds is 3. The summed E-state index contributed by atoms with van der Waals surface area (Å²) in [4.78, 5) is 11.0. The molecule has 0 aromatic heterocycles. The third kappa shape index (κ3) is 2.64. The average Bonchev–Trinajstić information content (AvgIpc) is 2.30. The standard InChI is InChI=1S/C13H16FNO2/c14-11-3-1-10(2-4-11)13(9-12(16)17)5-7-15-8-6-13/h1-4,15H,5-9H2,(H,16,17). The SMILES string of the molecule is O=C(O)CC1(c2ccc(F)cc2)CCNCC1. The Hall–Kier alpha value is -1.42. The van der Waals surface area contributed by atoms with Gasteiger partial charge in [0, 0.05) is 5.41 Å². The van der Waals surface area contributed by atoms with E-state index in [-0.39, 0.29) is 17.7 Å². The topological polar surface area (TPSA) is 49.3 Å². The van der Waals surface area contributed by atoms with Crippen molar-refractivity contribution in [2.75, 3.05) is 13.1 Å². The fraction of sp³-hybridized carbons (Fsp3) is 0.462. The number of carbonyl (C=O) groups is 1. The fourth-order valence-corrected chi connectivity index (χ4v) is 2.57. The van der Waals surface area contributed by atoms with Gasteiger partial charge in [-0.2, -0.15) is 0 Å². The van der Waals surface area contributed by atoms with Gasteiger partial charge in [0.25, 0.3) is 0 Å². The quantitative estimate of drug-likeness (QED) is 0.844. The molecule has 0 atom stereocenters. The Balaban J connectivity index is 2.31. The van der Waals surface area contributed by atoms with Crippen molar-refractivity contribution in [3.8, 4) is 0 Å². The van der Waals surface area contributed by atoms with Crippen LogP contribution in [-0.2, 0) is 10.2 Å². The smallest absolute Gasteiger partial charge is 0.304 e. The van der Waals surface area contributed by atoms with Gasteiger partial charge in [-0.3, -0.25) is 4.79 Å². The van der Waals surface area contributed by atoms with Crippen LogP contribution in [-0.4, -0.2) is 24.2 Å². The predicted octanol–water partition coefficient (Wildman–Crippen LogP) is 1.92. The van der Waals surface area contributed by atoms with Crippen molar-refractivity contribution in [2.45, 2.75) is 24.7 Å². The summed E-state index contributed by atoms with van der Waals surface area (Å²) < 4.78 is 12.9. The summed E-state index contributed by atoms with van der Waals surface area (Å²) in [6.07, 6.45) is 1.68. The van der Waals surface area contributed by atoms with Crippen LogP contribution in [0.2, 0.25) is 0 Å². The van der Waals surface area contributed by atoms with Gasteiger partial charge in [0.1, 0.15) is 5.82 Å². The van der Waals surface area contributed by atoms with Crippen LogP contribution in [0.3, 0.4) is 0 Å². The molecule has 3 nitrogen and oxygen atoms in total. The molecule has 1 saturated heterocycles. The van der Waals surface area contributed by atoms with E-state index in [2.05, 4.69) is 5.32 Å². The van der Waals surface area contributed by atoms with Crippen molar-refractivity contribution < 1.29 is 14.3 Å². The second-order valence-corrected chi connectivity index (χ2v) is 4.61. The van der Waals surface area contributed by atoms with Gasteiger partial charge >= 0.3 is 5.97 Å². The summed E-state index contributed by atoms with van der Waals surface area (Å²) in [5.41, 5.74) is 0.591. The van der Waals surface area contributed by atoms with E-state index < -0.39 is 5.97 Å². The fourth-order valence-electron chi connectivity index (χ4n) is 2.57. The minimum Gasteiger partial charge on any atom is -0.481 e. The number of benzene rings is 1. The molecular formula is C13H16FNO2. The minimum absolute atomic E-state index is 0.111. The highest BCUT2D eigenvalue weighted by molar-refractivity contribution is 5.69. The normalized spacial score (nSPS) is 18.9. The largest absolute Gasteiger partial charge is 0.481 e. The molecule has 2 rings (SSSR count). The lowest BCUT2D eigenvalue weighted by Crippen LogP contribution is -2.41. The first-order valence-corrected chi connectivity index (χ1v) is 5.81. The van der Waals surface area contributed by atoms with Crippen LogP contribution in [0, 0.1) is 5.82 Å². The number of aliphatic carboxylic acids is 1. The maximum atomic E-state index is 12.9. The van der Waals surface area contributed by atoms with E-state index in [9.17, 15) is 9.18 Å². The molecule has 4 heteroatoms. The van der Waals surface area contributed by atoms with E-state index in [4.69, 9.17) is 5.11 Å². The summed E-state index contributed by atoms with van der Waals surface area (Å²) in [5.74, 6) is -1.08. The van der Waals surface area contributed by atoms with Crippen molar-refractivity contribution in [1.29, 1.82) is 0 Å². The number of hydrogen-bond acceptors (Lipinski definition) is 2. The van der Waals surface area contributed by atoms with Gasteiger partial charge in [0.2, 0.25) is 0 Å². The summed E-state index contributed by atoms with van der Waals surface area (Å²) in [7, 11) is 0. The van der Waals surface area contributed by atoms with Crippen molar-refractivity contribution in [3.63, 3.8) is 0 Å². The van der Waals surface area contributed by atoms with Gasteiger partial charge in [-0.25, -0.2) is 4.39 Å². The van der Waals surface area contributed by atoms with E-state index in [0.29, 0.717) is 0 Å². The first-order chi connectivity index (χ1) is 8.12. The van der Waals surface area contributed by atoms with E-state index >= 15 is 0 Å². The van der Waals surface area contributed by atoms with Gasteiger partial charge in [-0.05, 0) is 43.6 Å². The molecule has 0 amide bonds.